The average molecular weight is 363 g/mol. The predicted octanol–water partition coefficient (Wildman–Crippen LogP) is 6.49. The molecule has 0 saturated heterocycles. The summed E-state index contributed by atoms with van der Waals surface area (Å²) >= 11 is 8.61. The Hall–Kier alpha value is -2.10. The van der Waals surface area contributed by atoms with E-state index in [-0.39, 0.29) is 0 Å². The molecule has 0 aromatic heterocycles. The van der Waals surface area contributed by atoms with Gasteiger partial charge in [0.1, 0.15) is 5.75 Å². The summed E-state index contributed by atoms with van der Waals surface area (Å²) in [6, 6.07) is 25.3. The Bertz CT molecular complexity index is 1070. The molecule has 0 atom stereocenters. The molecule has 0 bridgehead atoms. The molecular formula is C22H18OS2. The molecule has 124 valence electrons. The van der Waals surface area contributed by atoms with Gasteiger partial charge in [-0.05, 0) is 45.7 Å². The molecule has 0 spiro atoms. The highest BCUT2D eigenvalue weighted by Gasteiger charge is 2.17. The summed E-state index contributed by atoms with van der Waals surface area (Å²) in [6.45, 7) is 2.15. The molecule has 0 aliphatic heterocycles. The molecule has 4 aromatic carbocycles. The number of fused-ring (bicyclic) bond motifs is 2. The van der Waals surface area contributed by atoms with E-state index in [1.54, 1.807) is 0 Å². The van der Waals surface area contributed by atoms with Crippen LogP contribution in [0.3, 0.4) is 0 Å². The Balaban J connectivity index is 2.15. The van der Waals surface area contributed by atoms with Gasteiger partial charge in [0.05, 0.1) is 0 Å². The third-order valence-electron chi connectivity index (χ3n) is 4.51. The first-order valence-corrected chi connectivity index (χ1v) is 9.22. The Labute approximate surface area is 158 Å². The summed E-state index contributed by atoms with van der Waals surface area (Å²) in [5.41, 5.74) is 3.52. The van der Waals surface area contributed by atoms with Crippen molar-refractivity contribution in [3.05, 3.63) is 78.4 Å². The highest BCUT2D eigenvalue weighted by atomic mass is 32.2. The first kappa shape index (κ1) is 16.4. The molecule has 0 aliphatic carbocycles. The van der Waals surface area contributed by atoms with Gasteiger partial charge in [0.25, 0.3) is 0 Å². The molecule has 4 aromatic rings. The van der Waals surface area contributed by atoms with Crippen molar-refractivity contribution in [3.8, 4) is 16.9 Å². The van der Waals surface area contributed by atoms with Crippen LogP contribution >= 0.6 is 25.3 Å². The van der Waals surface area contributed by atoms with E-state index in [0.717, 1.165) is 11.3 Å². The lowest BCUT2D eigenvalue weighted by molar-refractivity contribution is 0.371. The van der Waals surface area contributed by atoms with Crippen molar-refractivity contribution in [2.45, 2.75) is 11.7 Å². The zero-order valence-electron chi connectivity index (χ0n) is 13.8. The van der Waals surface area contributed by atoms with Crippen LogP contribution in [0.5, 0.6) is 5.75 Å². The number of hydrogen-bond donors (Lipinski definition) is 2. The maximum Gasteiger partial charge on any atom is 0.185 e. The summed E-state index contributed by atoms with van der Waals surface area (Å²) in [4.78, 5) is 0. The molecule has 1 nitrogen and oxygen atoms in total. The van der Waals surface area contributed by atoms with Crippen molar-refractivity contribution in [1.82, 2.24) is 0 Å². The lowest BCUT2D eigenvalue weighted by Crippen LogP contribution is -2.02. The Morgan fingerprint density at radius 1 is 0.680 bits per heavy atom. The number of ether oxygens (including phenoxy) is 1. The standard InChI is InChI=1S/C22H18OS2/c1-14-10-11-15-6-2-4-8-17(15)20(14)21-18-9-5-3-7-16(18)12-13-19(21)23-22(24)25/h2-13,22,24-25H,1H3. The van der Waals surface area contributed by atoms with E-state index in [1.165, 1.54) is 32.7 Å². The van der Waals surface area contributed by atoms with E-state index in [4.69, 9.17) is 4.74 Å². The summed E-state index contributed by atoms with van der Waals surface area (Å²) in [7, 11) is 0. The van der Waals surface area contributed by atoms with Crippen molar-refractivity contribution in [2.75, 3.05) is 0 Å². The number of hydrogen-bond acceptors (Lipinski definition) is 3. The van der Waals surface area contributed by atoms with Gasteiger partial charge in [-0.15, -0.1) is 25.3 Å². The molecule has 0 radical (unpaired) electrons. The minimum absolute atomic E-state index is 0.477. The van der Waals surface area contributed by atoms with E-state index < -0.39 is 4.77 Å². The van der Waals surface area contributed by atoms with E-state index in [2.05, 4.69) is 98.9 Å². The monoisotopic (exact) mass is 362 g/mol. The Morgan fingerprint density at radius 2 is 1.24 bits per heavy atom. The average Bonchev–Trinajstić information content (AvgIpc) is 2.62. The molecule has 0 unspecified atom stereocenters. The summed E-state index contributed by atoms with van der Waals surface area (Å²) in [6.07, 6.45) is 0. The van der Waals surface area contributed by atoms with Crippen LogP contribution in [0.1, 0.15) is 5.56 Å². The number of benzene rings is 4. The minimum Gasteiger partial charge on any atom is -0.470 e. The fraction of sp³-hybridized carbons (Fsp3) is 0.0909. The topological polar surface area (TPSA) is 9.23 Å². The van der Waals surface area contributed by atoms with Gasteiger partial charge in [-0.2, -0.15) is 0 Å². The highest BCUT2D eigenvalue weighted by Crippen LogP contribution is 2.42. The maximum absolute atomic E-state index is 5.94. The van der Waals surface area contributed by atoms with Crippen LogP contribution in [0.2, 0.25) is 0 Å². The second kappa shape index (κ2) is 6.66. The van der Waals surface area contributed by atoms with Gasteiger partial charge in [-0.3, -0.25) is 0 Å². The SMILES string of the molecule is Cc1ccc2ccccc2c1-c1c(OC(S)S)ccc2ccccc12. The zero-order chi connectivity index (χ0) is 17.4. The fourth-order valence-corrected chi connectivity index (χ4v) is 3.66. The Kier molecular flexibility index (Phi) is 4.36. The second-order valence-electron chi connectivity index (χ2n) is 6.08. The van der Waals surface area contributed by atoms with Crippen molar-refractivity contribution in [3.63, 3.8) is 0 Å². The molecule has 0 amide bonds. The maximum atomic E-state index is 5.94. The zero-order valence-corrected chi connectivity index (χ0v) is 15.6. The lowest BCUT2D eigenvalue weighted by Gasteiger charge is -2.19. The highest BCUT2D eigenvalue weighted by molar-refractivity contribution is 7.98. The smallest absolute Gasteiger partial charge is 0.185 e. The Morgan fingerprint density at radius 3 is 1.88 bits per heavy atom. The van der Waals surface area contributed by atoms with Crippen LogP contribution in [0, 0.1) is 6.92 Å². The second-order valence-corrected chi connectivity index (χ2v) is 7.43. The molecule has 25 heavy (non-hydrogen) atoms. The molecule has 0 heterocycles. The third-order valence-corrected chi connectivity index (χ3v) is 4.72. The van der Waals surface area contributed by atoms with Gasteiger partial charge in [0.15, 0.2) is 4.77 Å². The molecule has 0 saturated carbocycles. The van der Waals surface area contributed by atoms with Crippen molar-refractivity contribution in [2.24, 2.45) is 0 Å². The van der Waals surface area contributed by atoms with E-state index in [1.807, 2.05) is 6.07 Å². The number of aryl methyl sites for hydroxylation is 1. The van der Waals surface area contributed by atoms with Crippen LogP contribution in [0.4, 0.5) is 0 Å². The molecule has 4 rings (SSSR count). The molecule has 0 fully saturated rings. The summed E-state index contributed by atoms with van der Waals surface area (Å²) in [5.74, 6) is 0.799. The molecule has 3 heteroatoms. The lowest BCUT2D eigenvalue weighted by atomic mass is 9.90. The normalized spacial score (nSPS) is 11.4. The van der Waals surface area contributed by atoms with Crippen LogP contribution in [-0.4, -0.2) is 4.77 Å². The minimum atomic E-state index is -0.477. The van der Waals surface area contributed by atoms with Crippen molar-refractivity contribution >= 4 is 46.8 Å². The quantitative estimate of drug-likeness (QED) is 0.313. The first-order chi connectivity index (χ1) is 12.1. The molecular weight excluding hydrogens is 344 g/mol. The number of rotatable bonds is 3. The van der Waals surface area contributed by atoms with Crippen LogP contribution < -0.4 is 4.74 Å². The molecule has 0 aliphatic rings. The largest absolute Gasteiger partial charge is 0.470 e. The summed E-state index contributed by atoms with van der Waals surface area (Å²) in [5, 5.41) is 4.79. The van der Waals surface area contributed by atoms with Crippen molar-refractivity contribution < 1.29 is 4.74 Å². The fourth-order valence-electron chi connectivity index (χ4n) is 3.43. The molecule has 0 N–H and O–H groups in total. The van der Waals surface area contributed by atoms with E-state index in [0.29, 0.717) is 0 Å². The number of thiol groups is 2. The predicted molar refractivity (Wildman–Crippen MR) is 114 cm³/mol. The van der Waals surface area contributed by atoms with Gasteiger partial charge in [0, 0.05) is 5.56 Å². The van der Waals surface area contributed by atoms with Gasteiger partial charge in [-0.1, -0.05) is 66.7 Å². The van der Waals surface area contributed by atoms with Gasteiger partial charge < -0.3 is 4.74 Å². The van der Waals surface area contributed by atoms with Crippen LogP contribution in [0.25, 0.3) is 32.7 Å². The van der Waals surface area contributed by atoms with Gasteiger partial charge in [0.2, 0.25) is 0 Å². The van der Waals surface area contributed by atoms with Gasteiger partial charge >= 0.3 is 0 Å². The first-order valence-electron chi connectivity index (χ1n) is 8.18. The van der Waals surface area contributed by atoms with Gasteiger partial charge in [-0.25, -0.2) is 0 Å². The van der Waals surface area contributed by atoms with Crippen molar-refractivity contribution in [1.29, 1.82) is 0 Å². The van der Waals surface area contributed by atoms with Crippen LogP contribution in [-0.2, 0) is 0 Å². The third kappa shape index (κ3) is 2.99. The van der Waals surface area contributed by atoms with E-state index in [9.17, 15) is 0 Å². The van der Waals surface area contributed by atoms with Crippen LogP contribution in [0.15, 0.2) is 72.8 Å². The summed E-state index contributed by atoms with van der Waals surface area (Å²) < 4.78 is 5.46. The van der Waals surface area contributed by atoms with E-state index >= 15 is 0 Å².